The van der Waals surface area contributed by atoms with Gasteiger partial charge in [0.1, 0.15) is 5.75 Å². The van der Waals surface area contributed by atoms with E-state index < -0.39 is 11.9 Å². The first kappa shape index (κ1) is 18.3. The number of hydrogen-bond acceptors (Lipinski definition) is 4. The van der Waals surface area contributed by atoms with Gasteiger partial charge < -0.3 is 19.8 Å². The van der Waals surface area contributed by atoms with Gasteiger partial charge in [-0.15, -0.1) is 6.42 Å². The van der Waals surface area contributed by atoms with E-state index in [0.29, 0.717) is 6.54 Å². The summed E-state index contributed by atoms with van der Waals surface area (Å²) in [6.07, 6.45) is 16.1. The SMILES string of the molecule is C#CCN1C=C2CC=CC=C2C2(Cc3ccccc3O2)C1.O=C(O)C(=O)O. The second-order valence-corrected chi connectivity index (χ2v) is 6.47. The molecule has 1 unspecified atom stereocenters. The van der Waals surface area contributed by atoms with Gasteiger partial charge in [0.05, 0.1) is 13.1 Å². The van der Waals surface area contributed by atoms with Gasteiger partial charge >= 0.3 is 11.9 Å². The quantitative estimate of drug-likeness (QED) is 0.586. The molecule has 0 saturated carbocycles. The zero-order chi connectivity index (χ0) is 19.4. The summed E-state index contributed by atoms with van der Waals surface area (Å²) in [7, 11) is 0. The lowest BCUT2D eigenvalue weighted by Crippen LogP contribution is -2.50. The Labute approximate surface area is 157 Å². The van der Waals surface area contributed by atoms with Gasteiger partial charge in [0.25, 0.3) is 0 Å². The van der Waals surface area contributed by atoms with Crippen LogP contribution in [-0.4, -0.2) is 45.7 Å². The molecule has 27 heavy (non-hydrogen) atoms. The predicted octanol–water partition coefficient (Wildman–Crippen LogP) is 2.23. The highest BCUT2D eigenvalue weighted by atomic mass is 16.5. The minimum atomic E-state index is -1.82. The van der Waals surface area contributed by atoms with Crippen LogP contribution < -0.4 is 4.74 Å². The molecule has 0 radical (unpaired) electrons. The maximum absolute atomic E-state index is 9.10. The second kappa shape index (κ2) is 7.42. The largest absolute Gasteiger partial charge is 0.480 e. The number of fused-ring (bicyclic) bond motifs is 3. The highest BCUT2D eigenvalue weighted by molar-refractivity contribution is 6.27. The number of benzene rings is 1. The van der Waals surface area contributed by atoms with Crippen LogP contribution in [0, 0.1) is 12.3 Å². The summed E-state index contributed by atoms with van der Waals surface area (Å²) >= 11 is 0. The molecule has 0 bridgehead atoms. The number of rotatable bonds is 1. The molecule has 4 rings (SSSR count). The molecule has 0 aromatic heterocycles. The second-order valence-electron chi connectivity index (χ2n) is 6.47. The summed E-state index contributed by atoms with van der Waals surface area (Å²) < 4.78 is 6.43. The van der Waals surface area contributed by atoms with Gasteiger partial charge in [0, 0.05) is 18.2 Å². The van der Waals surface area contributed by atoms with Crippen LogP contribution in [-0.2, 0) is 16.0 Å². The molecule has 2 N–H and O–H groups in total. The van der Waals surface area contributed by atoms with E-state index in [1.807, 2.05) is 6.07 Å². The maximum atomic E-state index is 9.10. The Morgan fingerprint density at radius 2 is 2.00 bits per heavy atom. The van der Waals surface area contributed by atoms with E-state index in [9.17, 15) is 0 Å². The Kier molecular flexibility index (Phi) is 5.04. The Bertz CT molecular complexity index is 866. The van der Waals surface area contributed by atoms with Crippen LogP contribution in [0.1, 0.15) is 12.0 Å². The highest BCUT2D eigenvalue weighted by Crippen LogP contribution is 2.45. The van der Waals surface area contributed by atoms with E-state index in [2.05, 4.69) is 53.4 Å². The molecular formula is C21H19NO5. The smallest absolute Gasteiger partial charge is 0.414 e. The van der Waals surface area contributed by atoms with Gasteiger partial charge in [0.2, 0.25) is 0 Å². The van der Waals surface area contributed by atoms with Crippen molar-refractivity contribution in [3.05, 3.63) is 65.4 Å². The minimum absolute atomic E-state index is 0.282. The molecule has 0 fully saturated rings. The molecule has 1 spiro atoms. The molecule has 6 nitrogen and oxygen atoms in total. The average molecular weight is 365 g/mol. The summed E-state index contributed by atoms with van der Waals surface area (Å²) in [6, 6.07) is 8.33. The molecular weight excluding hydrogens is 346 g/mol. The first-order valence-electron chi connectivity index (χ1n) is 8.44. The summed E-state index contributed by atoms with van der Waals surface area (Å²) in [5.41, 5.74) is 3.64. The number of nitrogens with zero attached hydrogens (tertiary/aromatic N) is 1. The lowest BCUT2D eigenvalue weighted by atomic mass is 9.79. The van der Waals surface area contributed by atoms with E-state index in [1.54, 1.807) is 0 Å². The Morgan fingerprint density at radius 1 is 1.26 bits per heavy atom. The van der Waals surface area contributed by atoms with Crippen LogP contribution in [0.5, 0.6) is 5.75 Å². The number of aliphatic carboxylic acids is 2. The van der Waals surface area contributed by atoms with Crippen molar-refractivity contribution >= 4 is 11.9 Å². The van der Waals surface area contributed by atoms with Crippen molar-refractivity contribution in [3.63, 3.8) is 0 Å². The fourth-order valence-corrected chi connectivity index (χ4v) is 3.58. The Hall–Kier alpha value is -3.46. The van der Waals surface area contributed by atoms with Crippen LogP contribution in [0.15, 0.2) is 59.8 Å². The van der Waals surface area contributed by atoms with Crippen molar-refractivity contribution in [1.29, 1.82) is 0 Å². The number of para-hydroxylation sites is 1. The molecule has 1 aromatic carbocycles. The number of carboxylic acid groups (broad SMARTS) is 2. The molecule has 2 heterocycles. The Morgan fingerprint density at radius 3 is 2.67 bits per heavy atom. The number of hydrogen-bond donors (Lipinski definition) is 2. The number of carbonyl (C=O) groups is 2. The van der Waals surface area contributed by atoms with E-state index >= 15 is 0 Å². The topological polar surface area (TPSA) is 87.1 Å². The van der Waals surface area contributed by atoms with E-state index in [-0.39, 0.29) is 5.60 Å². The fourth-order valence-electron chi connectivity index (χ4n) is 3.58. The van der Waals surface area contributed by atoms with Crippen molar-refractivity contribution in [3.8, 4) is 18.1 Å². The monoisotopic (exact) mass is 365 g/mol. The number of allylic oxidation sites excluding steroid dienone is 3. The highest BCUT2D eigenvalue weighted by Gasteiger charge is 2.46. The van der Waals surface area contributed by atoms with Crippen LogP contribution >= 0.6 is 0 Å². The molecule has 1 aromatic rings. The normalized spacial score (nSPS) is 21.5. The van der Waals surface area contributed by atoms with Crippen molar-refractivity contribution in [2.75, 3.05) is 13.1 Å². The van der Waals surface area contributed by atoms with Gasteiger partial charge in [-0.3, -0.25) is 0 Å². The predicted molar refractivity (Wildman–Crippen MR) is 99.1 cm³/mol. The average Bonchev–Trinajstić information content (AvgIpc) is 3.01. The van der Waals surface area contributed by atoms with Gasteiger partial charge in [-0.05, 0) is 23.6 Å². The van der Waals surface area contributed by atoms with Gasteiger partial charge in [-0.25, -0.2) is 9.59 Å². The van der Waals surface area contributed by atoms with Gasteiger partial charge in [0.15, 0.2) is 5.60 Å². The van der Waals surface area contributed by atoms with Crippen LogP contribution in [0.3, 0.4) is 0 Å². The first-order chi connectivity index (χ1) is 12.9. The fraction of sp³-hybridized carbons (Fsp3) is 0.238. The minimum Gasteiger partial charge on any atom is -0.480 e. The first-order valence-corrected chi connectivity index (χ1v) is 8.44. The third-order valence-corrected chi connectivity index (χ3v) is 4.60. The van der Waals surface area contributed by atoms with Crippen molar-refractivity contribution < 1.29 is 24.5 Å². The summed E-state index contributed by atoms with van der Waals surface area (Å²) in [5.74, 6) is 0.110. The summed E-state index contributed by atoms with van der Waals surface area (Å²) in [5, 5.41) is 14.8. The standard InChI is InChI=1S/C19H17NO.C2H2O4/c1-2-11-20-13-16-8-3-5-9-17(16)19(14-20)12-15-7-4-6-10-18(15)21-19;3-1(4)2(5)6/h1,3-7,9-10,13H,8,11-12,14H2;(H,3,4)(H,5,6). The van der Waals surface area contributed by atoms with E-state index in [0.717, 1.165) is 25.1 Å². The third kappa shape index (κ3) is 3.72. The third-order valence-electron chi connectivity index (χ3n) is 4.60. The van der Waals surface area contributed by atoms with E-state index in [4.69, 9.17) is 31.0 Å². The molecule has 1 aliphatic carbocycles. The lowest BCUT2D eigenvalue weighted by Gasteiger charge is -2.41. The molecule has 2 aliphatic heterocycles. The number of terminal acetylenes is 1. The molecule has 6 heteroatoms. The van der Waals surface area contributed by atoms with E-state index in [1.165, 1.54) is 16.7 Å². The van der Waals surface area contributed by atoms with Crippen LogP contribution in [0.4, 0.5) is 0 Å². The summed E-state index contributed by atoms with van der Waals surface area (Å²) in [4.78, 5) is 20.4. The zero-order valence-electron chi connectivity index (χ0n) is 14.6. The molecule has 138 valence electrons. The van der Waals surface area contributed by atoms with Gasteiger partial charge in [-0.1, -0.05) is 42.3 Å². The lowest BCUT2D eigenvalue weighted by molar-refractivity contribution is -0.159. The number of ether oxygens (including phenoxy) is 1. The van der Waals surface area contributed by atoms with Gasteiger partial charge in [-0.2, -0.15) is 0 Å². The van der Waals surface area contributed by atoms with Crippen molar-refractivity contribution in [1.82, 2.24) is 4.90 Å². The van der Waals surface area contributed by atoms with Crippen molar-refractivity contribution in [2.24, 2.45) is 0 Å². The number of carboxylic acids is 2. The Balaban J connectivity index is 0.000000307. The molecule has 3 aliphatic rings. The van der Waals surface area contributed by atoms with Crippen LogP contribution in [0.2, 0.25) is 0 Å². The maximum Gasteiger partial charge on any atom is 0.414 e. The van der Waals surface area contributed by atoms with Crippen LogP contribution in [0.25, 0.3) is 0 Å². The molecule has 1 atom stereocenters. The summed E-state index contributed by atoms with van der Waals surface area (Å²) in [6.45, 7) is 1.44. The zero-order valence-corrected chi connectivity index (χ0v) is 14.6. The molecule has 0 amide bonds. The van der Waals surface area contributed by atoms with Crippen molar-refractivity contribution in [2.45, 2.75) is 18.4 Å². The molecule has 0 saturated heterocycles.